The van der Waals surface area contributed by atoms with Gasteiger partial charge < -0.3 is 14.8 Å². The summed E-state index contributed by atoms with van der Waals surface area (Å²) in [6.45, 7) is 11.1. The van der Waals surface area contributed by atoms with Crippen LogP contribution in [0.15, 0.2) is 73.0 Å². The van der Waals surface area contributed by atoms with Crippen LogP contribution >= 0.6 is 0 Å². The van der Waals surface area contributed by atoms with Gasteiger partial charge in [0.2, 0.25) is 0 Å². The zero-order chi connectivity index (χ0) is 20.6. The van der Waals surface area contributed by atoms with Gasteiger partial charge in [-0.3, -0.25) is 4.98 Å². The monoisotopic (exact) mass is 386 g/mol. The standard InChI is InChI=1S/C25H30N4/c1-18-6-9-22(10-7-18)27-23-11-8-21-14-17-28(25(3,4)5)24(21)29(23)19(2)20-12-15-26-16-13-20/h6-7,9-17,19,27H,8H2,1-5H3. The summed E-state index contributed by atoms with van der Waals surface area (Å²) in [7, 11) is 0. The number of rotatable bonds is 4. The highest BCUT2D eigenvalue weighted by atomic mass is 15.3. The van der Waals surface area contributed by atoms with Crippen molar-refractivity contribution in [1.29, 1.82) is 0 Å². The van der Waals surface area contributed by atoms with Crippen molar-refractivity contribution in [3.63, 3.8) is 0 Å². The Hall–Kier alpha value is -3.01. The van der Waals surface area contributed by atoms with Gasteiger partial charge in [0.1, 0.15) is 11.6 Å². The van der Waals surface area contributed by atoms with E-state index in [0.29, 0.717) is 0 Å². The fraction of sp³-hybridized carbons (Fsp3) is 0.320. The molecule has 1 aromatic carbocycles. The lowest BCUT2D eigenvalue weighted by Gasteiger charge is -2.40. The van der Waals surface area contributed by atoms with Gasteiger partial charge in [0.05, 0.1) is 6.04 Å². The van der Waals surface area contributed by atoms with Crippen LogP contribution < -0.4 is 10.2 Å². The van der Waals surface area contributed by atoms with E-state index in [4.69, 9.17) is 0 Å². The topological polar surface area (TPSA) is 33.1 Å². The first-order valence-electron chi connectivity index (χ1n) is 10.3. The summed E-state index contributed by atoms with van der Waals surface area (Å²) in [5.74, 6) is 2.38. The van der Waals surface area contributed by atoms with E-state index < -0.39 is 0 Å². The molecule has 1 aliphatic heterocycles. The Balaban J connectivity index is 1.79. The van der Waals surface area contributed by atoms with Crippen LogP contribution in [0.4, 0.5) is 11.5 Å². The van der Waals surface area contributed by atoms with Crippen LogP contribution in [0.5, 0.6) is 0 Å². The molecule has 2 aromatic heterocycles. The maximum atomic E-state index is 4.21. The summed E-state index contributed by atoms with van der Waals surface area (Å²) >= 11 is 0. The number of hydrogen-bond acceptors (Lipinski definition) is 3. The number of nitrogens with one attached hydrogen (secondary N) is 1. The molecule has 4 nitrogen and oxygen atoms in total. The quantitative estimate of drug-likeness (QED) is 0.595. The molecule has 1 atom stereocenters. The molecule has 0 bridgehead atoms. The van der Waals surface area contributed by atoms with Gasteiger partial charge in [-0.05, 0) is 88.6 Å². The highest BCUT2D eigenvalue weighted by Gasteiger charge is 2.31. The van der Waals surface area contributed by atoms with E-state index in [-0.39, 0.29) is 11.6 Å². The zero-order valence-electron chi connectivity index (χ0n) is 18.0. The molecule has 4 rings (SSSR count). The first kappa shape index (κ1) is 19.3. The molecule has 0 saturated heterocycles. The SMILES string of the molecule is Cc1ccc(NC2=CCc3ccn(C(C)(C)C)c3N2C(C)c2ccncc2)cc1. The van der Waals surface area contributed by atoms with Crippen molar-refractivity contribution in [1.82, 2.24) is 9.55 Å². The van der Waals surface area contributed by atoms with Crippen LogP contribution in [-0.2, 0) is 12.0 Å². The first-order valence-corrected chi connectivity index (χ1v) is 10.3. The summed E-state index contributed by atoms with van der Waals surface area (Å²) in [5, 5.41) is 3.68. The van der Waals surface area contributed by atoms with Crippen molar-refractivity contribution >= 4 is 11.5 Å². The van der Waals surface area contributed by atoms with E-state index >= 15 is 0 Å². The molecule has 3 aromatic rings. The second-order valence-electron chi connectivity index (χ2n) is 8.82. The van der Waals surface area contributed by atoms with Gasteiger partial charge in [0.15, 0.2) is 0 Å². The molecule has 150 valence electrons. The van der Waals surface area contributed by atoms with Crippen molar-refractivity contribution in [2.24, 2.45) is 0 Å². The minimum absolute atomic E-state index is 0.00386. The maximum Gasteiger partial charge on any atom is 0.118 e. The van der Waals surface area contributed by atoms with E-state index in [1.807, 2.05) is 12.4 Å². The Morgan fingerprint density at radius 2 is 1.69 bits per heavy atom. The third kappa shape index (κ3) is 3.80. The molecule has 0 fully saturated rings. The predicted octanol–water partition coefficient (Wildman–Crippen LogP) is 6.02. The van der Waals surface area contributed by atoms with Crippen molar-refractivity contribution in [3.05, 3.63) is 89.6 Å². The zero-order valence-corrected chi connectivity index (χ0v) is 18.0. The number of anilines is 2. The Bertz CT molecular complexity index is 1010. The van der Waals surface area contributed by atoms with E-state index in [9.17, 15) is 0 Å². The molecule has 0 saturated carbocycles. The third-order valence-electron chi connectivity index (χ3n) is 5.57. The van der Waals surface area contributed by atoms with E-state index in [1.54, 1.807) is 0 Å². The number of benzene rings is 1. The molecule has 0 radical (unpaired) electrons. The number of hydrogen-bond donors (Lipinski definition) is 1. The molecule has 1 unspecified atom stereocenters. The Labute approximate surface area is 173 Å². The van der Waals surface area contributed by atoms with Gasteiger partial charge in [-0.1, -0.05) is 17.7 Å². The molecule has 0 amide bonds. The number of aromatic nitrogens is 2. The maximum absolute atomic E-state index is 4.21. The molecule has 0 aliphatic carbocycles. The average molecular weight is 387 g/mol. The molecular weight excluding hydrogens is 356 g/mol. The summed E-state index contributed by atoms with van der Waals surface area (Å²) in [4.78, 5) is 6.63. The summed E-state index contributed by atoms with van der Waals surface area (Å²) in [6, 6.07) is 15.2. The lowest BCUT2D eigenvalue weighted by atomic mass is 10.0. The van der Waals surface area contributed by atoms with Gasteiger partial charge in [0, 0.05) is 29.8 Å². The van der Waals surface area contributed by atoms with Gasteiger partial charge in [-0.15, -0.1) is 0 Å². The van der Waals surface area contributed by atoms with Crippen molar-refractivity contribution in [2.45, 2.75) is 52.6 Å². The fourth-order valence-corrected chi connectivity index (χ4v) is 3.93. The molecule has 3 heterocycles. The van der Waals surface area contributed by atoms with Crippen LogP contribution in [0.1, 0.15) is 50.4 Å². The highest BCUT2D eigenvalue weighted by Crippen LogP contribution is 2.40. The Kier molecular flexibility index (Phi) is 4.95. The van der Waals surface area contributed by atoms with Gasteiger partial charge >= 0.3 is 0 Å². The third-order valence-corrected chi connectivity index (χ3v) is 5.57. The minimum atomic E-state index is -0.00386. The molecule has 29 heavy (non-hydrogen) atoms. The van der Waals surface area contributed by atoms with Crippen molar-refractivity contribution < 1.29 is 0 Å². The fourth-order valence-electron chi connectivity index (χ4n) is 3.93. The number of nitrogens with zero attached hydrogens (tertiary/aromatic N) is 3. The Morgan fingerprint density at radius 3 is 2.34 bits per heavy atom. The number of aryl methyl sites for hydroxylation is 1. The van der Waals surface area contributed by atoms with Crippen LogP contribution in [0.25, 0.3) is 0 Å². The minimum Gasteiger partial charge on any atom is -0.342 e. The van der Waals surface area contributed by atoms with Crippen molar-refractivity contribution in [3.8, 4) is 0 Å². The van der Waals surface area contributed by atoms with E-state index in [1.165, 1.54) is 22.5 Å². The lowest BCUT2D eigenvalue weighted by molar-refractivity contribution is 0.396. The van der Waals surface area contributed by atoms with E-state index in [2.05, 4.69) is 109 Å². The second-order valence-corrected chi connectivity index (χ2v) is 8.82. The van der Waals surface area contributed by atoms with Crippen LogP contribution in [0.3, 0.4) is 0 Å². The van der Waals surface area contributed by atoms with Gasteiger partial charge in [-0.2, -0.15) is 0 Å². The van der Waals surface area contributed by atoms with Crippen LogP contribution in [0, 0.1) is 6.92 Å². The predicted molar refractivity (Wildman–Crippen MR) is 121 cm³/mol. The van der Waals surface area contributed by atoms with Gasteiger partial charge in [0.25, 0.3) is 0 Å². The average Bonchev–Trinajstić information content (AvgIpc) is 3.14. The molecular formula is C25H30N4. The smallest absolute Gasteiger partial charge is 0.118 e. The van der Waals surface area contributed by atoms with Crippen LogP contribution in [-0.4, -0.2) is 9.55 Å². The Morgan fingerprint density at radius 1 is 1.00 bits per heavy atom. The van der Waals surface area contributed by atoms with E-state index in [0.717, 1.165) is 17.9 Å². The lowest BCUT2D eigenvalue weighted by Crippen LogP contribution is -2.37. The largest absolute Gasteiger partial charge is 0.342 e. The number of allylic oxidation sites excluding steroid dienone is 1. The molecule has 0 spiro atoms. The van der Waals surface area contributed by atoms with Crippen molar-refractivity contribution in [2.75, 3.05) is 10.2 Å². The number of fused-ring (bicyclic) bond motifs is 1. The van der Waals surface area contributed by atoms with Crippen LogP contribution in [0.2, 0.25) is 0 Å². The summed E-state index contributed by atoms with van der Waals surface area (Å²) in [5.41, 5.74) is 4.96. The first-order chi connectivity index (χ1) is 13.8. The summed E-state index contributed by atoms with van der Waals surface area (Å²) < 4.78 is 2.39. The summed E-state index contributed by atoms with van der Waals surface area (Å²) in [6.07, 6.45) is 9.19. The molecule has 1 aliphatic rings. The molecule has 1 N–H and O–H groups in total. The highest BCUT2D eigenvalue weighted by molar-refractivity contribution is 5.65. The molecule has 4 heteroatoms. The normalized spacial score (nSPS) is 14.9. The van der Waals surface area contributed by atoms with Gasteiger partial charge in [-0.25, -0.2) is 0 Å². The second kappa shape index (κ2) is 7.43. The number of pyridine rings is 1.